The summed E-state index contributed by atoms with van der Waals surface area (Å²) in [6, 6.07) is 4.18. The molecule has 0 aliphatic rings. The molecule has 0 fully saturated rings. The molecule has 0 atom stereocenters. The highest BCUT2D eigenvalue weighted by Gasteiger charge is 2.24. The first-order valence-electron chi connectivity index (χ1n) is 6.89. The Kier molecular flexibility index (Phi) is 6.51. The first-order chi connectivity index (χ1) is 9.78. The van der Waals surface area contributed by atoms with Crippen molar-refractivity contribution in [3.8, 4) is 0 Å². The summed E-state index contributed by atoms with van der Waals surface area (Å²) < 4.78 is 39.8. The zero-order valence-electron chi connectivity index (χ0n) is 12.8. The molecule has 6 heteroatoms. The monoisotopic (exact) mass is 314 g/mol. The Morgan fingerprint density at radius 3 is 2.67 bits per heavy atom. The molecule has 0 spiro atoms. The number of likely N-dealkylation sites (N-methyl/N-ethyl adjacent to an activating group) is 1. The fraction of sp³-hybridized carbons (Fsp3) is 0.467. The van der Waals surface area contributed by atoms with Crippen molar-refractivity contribution in [1.29, 1.82) is 0 Å². The predicted octanol–water partition coefficient (Wildman–Crippen LogP) is 2.52. The number of hydrogen-bond acceptors (Lipinski definition) is 3. The fourth-order valence-electron chi connectivity index (χ4n) is 1.90. The second-order valence-corrected chi connectivity index (χ2v) is 7.17. The van der Waals surface area contributed by atoms with Crippen molar-refractivity contribution < 1.29 is 12.8 Å². The maximum Gasteiger partial charge on any atom is 0.246 e. The summed E-state index contributed by atoms with van der Waals surface area (Å²) in [6.45, 7) is 8.96. The van der Waals surface area contributed by atoms with Gasteiger partial charge in [0.2, 0.25) is 10.0 Å². The summed E-state index contributed by atoms with van der Waals surface area (Å²) in [7, 11) is -2.43. The summed E-state index contributed by atoms with van der Waals surface area (Å²) in [5.74, 6) is -0.734. The topological polar surface area (TPSA) is 49.4 Å². The van der Waals surface area contributed by atoms with Gasteiger partial charge in [0, 0.05) is 20.1 Å². The fourth-order valence-corrected chi connectivity index (χ4v) is 3.24. The molecule has 1 aromatic carbocycles. The van der Waals surface area contributed by atoms with Gasteiger partial charge < -0.3 is 5.32 Å². The Balaban J connectivity index is 3.04. The average Bonchev–Trinajstić information content (AvgIpc) is 2.40. The van der Waals surface area contributed by atoms with E-state index in [1.165, 1.54) is 19.2 Å². The van der Waals surface area contributed by atoms with Crippen LogP contribution in [0.3, 0.4) is 0 Å². The van der Waals surface area contributed by atoms with Gasteiger partial charge in [-0.25, -0.2) is 12.8 Å². The minimum Gasteiger partial charge on any atom is -0.313 e. The average molecular weight is 314 g/mol. The number of sulfonamides is 1. The Hall–Kier alpha value is -1.24. The third kappa shape index (κ3) is 4.91. The van der Waals surface area contributed by atoms with Crippen molar-refractivity contribution in [2.45, 2.75) is 31.7 Å². The Morgan fingerprint density at radius 2 is 2.10 bits per heavy atom. The van der Waals surface area contributed by atoms with Crippen LogP contribution >= 0.6 is 0 Å². The van der Waals surface area contributed by atoms with E-state index in [0.717, 1.165) is 22.8 Å². The molecule has 0 amide bonds. The lowest BCUT2D eigenvalue weighted by molar-refractivity contribution is 0.483. The van der Waals surface area contributed by atoms with E-state index in [-0.39, 0.29) is 11.4 Å². The molecular formula is C15H23FN2O2S. The summed E-state index contributed by atoms with van der Waals surface area (Å²) in [4.78, 5) is -0.290. The molecule has 1 aromatic rings. The number of hydrogen-bond donors (Lipinski definition) is 1. The molecule has 4 nitrogen and oxygen atoms in total. The van der Waals surface area contributed by atoms with E-state index in [9.17, 15) is 12.8 Å². The first-order valence-corrected chi connectivity index (χ1v) is 8.33. The number of nitrogens with one attached hydrogen (secondary N) is 1. The van der Waals surface area contributed by atoms with Crippen LogP contribution in [0.2, 0.25) is 0 Å². The molecule has 0 aromatic heterocycles. The van der Waals surface area contributed by atoms with Crippen LogP contribution in [0.1, 0.15) is 25.8 Å². The second-order valence-electron chi connectivity index (χ2n) is 5.16. The van der Waals surface area contributed by atoms with E-state index in [2.05, 4.69) is 11.9 Å². The van der Waals surface area contributed by atoms with Crippen molar-refractivity contribution in [2.24, 2.45) is 0 Å². The lowest BCUT2D eigenvalue weighted by Crippen LogP contribution is -2.29. The van der Waals surface area contributed by atoms with Crippen LogP contribution in [0.25, 0.3) is 0 Å². The molecule has 0 bridgehead atoms. The number of nitrogens with zero attached hydrogens (tertiary/aromatic N) is 1. The van der Waals surface area contributed by atoms with E-state index < -0.39 is 15.8 Å². The van der Waals surface area contributed by atoms with Crippen LogP contribution in [0.5, 0.6) is 0 Å². The highest BCUT2D eigenvalue weighted by molar-refractivity contribution is 7.89. The summed E-state index contributed by atoms with van der Waals surface area (Å²) in [5.41, 5.74) is 1.44. The molecule has 0 aliphatic heterocycles. The van der Waals surface area contributed by atoms with Crippen molar-refractivity contribution in [3.63, 3.8) is 0 Å². The normalized spacial score (nSPS) is 11.9. The summed E-state index contributed by atoms with van der Waals surface area (Å²) in [5, 5.41) is 3.17. The van der Waals surface area contributed by atoms with Crippen LogP contribution in [-0.4, -0.2) is 32.9 Å². The van der Waals surface area contributed by atoms with Crippen molar-refractivity contribution in [3.05, 3.63) is 41.7 Å². The Bertz CT molecular complexity index is 600. The summed E-state index contributed by atoms with van der Waals surface area (Å²) >= 11 is 0. The van der Waals surface area contributed by atoms with Crippen LogP contribution in [0.15, 0.2) is 35.2 Å². The maximum absolute atomic E-state index is 13.9. The highest BCUT2D eigenvalue weighted by atomic mass is 32.2. The Morgan fingerprint density at radius 1 is 1.43 bits per heavy atom. The van der Waals surface area contributed by atoms with Gasteiger partial charge >= 0.3 is 0 Å². The zero-order valence-corrected chi connectivity index (χ0v) is 13.6. The number of halogens is 1. The third-order valence-corrected chi connectivity index (χ3v) is 4.75. The zero-order chi connectivity index (χ0) is 16.0. The van der Waals surface area contributed by atoms with Crippen molar-refractivity contribution in [2.75, 3.05) is 20.1 Å². The van der Waals surface area contributed by atoms with Gasteiger partial charge in [-0.2, -0.15) is 4.31 Å². The minimum absolute atomic E-state index is 0.167. The molecule has 0 radical (unpaired) electrons. The minimum atomic E-state index is -3.85. The largest absolute Gasteiger partial charge is 0.313 e. The highest BCUT2D eigenvalue weighted by Crippen LogP contribution is 2.20. The maximum atomic E-state index is 13.9. The Labute approximate surface area is 126 Å². The van der Waals surface area contributed by atoms with E-state index >= 15 is 0 Å². The standard InChI is InChI=1S/C15H23FN2O2S/c1-5-8-17-10-13-6-7-14(16)15(9-13)21(19,20)18(4)11-12(2)3/h6-7,9,17H,2,5,8,10-11H2,1,3-4H3. The SMILES string of the molecule is C=C(C)CN(C)S(=O)(=O)c1cc(CNCCC)ccc1F. The summed E-state index contributed by atoms with van der Waals surface area (Å²) in [6.07, 6.45) is 0.980. The molecule has 0 saturated carbocycles. The molecule has 1 rings (SSSR count). The van der Waals surface area contributed by atoms with Crippen LogP contribution in [0.4, 0.5) is 4.39 Å². The molecule has 0 unspecified atom stereocenters. The smallest absolute Gasteiger partial charge is 0.246 e. The van der Waals surface area contributed by atoms with Gasteiger partial charge in [0.15, 0.2) is 0 Å². The van der Waals surface area contributed by atoms with Gasteiger partial charge in [-0.3, -0.25) is 0 Å². The molecular weight excluding hydrogens is 291 g/mol. The first kappa shape index (κ1) is 17.8. The van der Waals surface area contributed by atoms with Gasteiger partial charge in [0.25, 0.3) is 0 Å². The van der Waals surface area contributed by atoms with Crippen LogP contribution in [0, 0.1) is 5.82 Å². The lowest BCUT2D eigenvalue weighted by Gasteiger charge is -2.18. The van der Waals surface area contributed by atoms with E-state index in [1.807, 2.05) is 6.92 Å². The van der Waals surface area contributed by atoms with Crippen molar-refractivity contribution in [1.82, 2.24) is 9.62 Å². The molecule has 0 saturated heterocycles. The third-order valence-electron chi connectivity index (χ3n) is 2.93. The number of rotatable bonds is 8. The van der Waals surface area contributed by atoms with Crippen LogP contribution in [-0.2, 0) is 16.6 Å². The molecule has 0 heterocycles. The van der Waals surface area contributed by atoms with Crippen molar-refractivity contribution >= 4 is 10.0 Å². The quantitative estimate of drug-likeness (QED) is 0.592. The van der Waals surface area contributed by atoms with E-state index in [0.29, 0.717) is 12.1 Å². The van der Waals surface area contributed by atoms with Crippen LogP contribution < -0.4 is 5.32 Å². The van der Waals surface area contributed by atoms with Gasteiger partial charge in [-0.1, -0.05) is 25.1 Å². The number of benzene rings is 1. The van der Waals surface area contributed by atoms with E-state index in [4.69, 9.17) is 0 Å². The van der Waals surface area contributed by atoms with Gasteiger partial charge in [0.05, 0.1) is 0 Å². The second kappa shape index (κ2) is 7.68. The lowest BCUT2D eigenvalue weighted by atomic mass is 10.2. The molecule has 118 valence electrons. The van der Waals surface area contributed by atoms with E-state index in [1.54, 1.807) is 13.0 Å². The van der Waals surface area contributed by atoms with Gasteiger partial charge in [-0.15, -0.1) is 0 Å². The van der Waals surface area contributed by atoms with Gasteiger partial charge in [-0.05, 0) is 37.6 Å². The molecule has 0 aliphatic carbocycles. The predicted molar refractivity (Wildman–Crippen MR) is 83.0 cm³/mol. The molecule has 1 N–H and O–H groups in total. The molecule has 21 heavy (non-hydrogen) atoms. The van der Waals surface area contributed by atoms with Gasteiger partial charge in [0.1, 0.15) is 10.7 Å².